The SMILES string of the molecule is C[C@H]1CNCCN1CCC(=O)N1CCCc2cc(O)ccc21. The predicted molar refractivity (Wildman–Crippen MR) is 87.3 cm³/mol. The standard InChI is InChI=1S/C17H25N3O2/c1-13-12-18-7-10-19(13)9-6-17(22)20-8-2-3-14-11-15(21)4-5-16(14)20/h4-5,11,13,18,21H,2-3,6-10,12H2,1H3/t13-/m0/s1. The van der Waals surface area contributed by atoms with Crippen LogP contribution in [-0.4, -0.2) is 54.7 Å². The summed E-state index contributed by atoms with van der Waals surface area (Å²) in [5, 5.41) is 13.0. The normalized spacial score (nSPS) is 22.4. The number of phenolic OH excluding ortho intramolecular Hbond substituents is 1. The Kier molecular flexibility index (Phi) is 4.64. The number of rotatable bonds is 3. The molecule has 1 aromatic carbocycles. The number of hydrogen-bond acceptors (Lipinski definition) is 4. The Hall–Kier alpha value is -1.59. The molecule has 2 N–H and O–H groups in total. The van der Waals surface area contributed by atoms with Gasteiger partial charge in [-0.2, -0.15) is 0 Å². The third-order valence-corrected chi connectivity index (χ3v) is 4.73. The van der Waals surface area contributed by atoms with Gasteiger partial charge in [0.2, 0.25) is 5.91 Å². The van der Waals surface area contributed by atoms with Crippen molar-refractivity contribution in [1.82, 2.24) is 10.2 Å². The maximum atomic E-state index is 12.6. The van der Waals surface area contributed by atoms with Gasteiger partial charge in [-0.15, -0.1) is 0 Å². The summed E-state index contributed by atoms with van der Waals surface area (Å²) in [4.78, 5) is 16.9. The third kappa shape index (κ3) is 3.25. The molecule has 5 heteroatoms. The summed E-state index contributed by atoms with van der Waals surface area (Å²) in [6.45, 7) is 6.83. The molecule has 0 aliphatic carbocycles. The van der Waals surface area contributed by atoms with E-state index in [4.69, 9.17) is 0 Å². The number of aromatic hydroxyl groups is 1. The lowest BCUT2D eigenvalue weighted by molar-refractivity contribution is -0.119. The molecule has 1 fully saturated rings. The number of carbonyl (C=O) groups is 1. The second-order valence-electron chi connectivity index (χ2n) is 6.30. The van der Waals surface area contributed by atoms with E-state index in [2.05, 4.69) is 17.1 Å². The second-order valence-corrected chi connectivity index (χ2v) is 6.30. The van der Waals surface area contributed by atoms with E-state index >= 15 is 0 Å². The van der Waals surface area contributed by atoms with Crippen LogP contribution >= 0.6 is 0 Å². The number of carbonyl (C=O) groups excluding carboxylic acids is 1. The highest BCUT2D eigenvalue weighted by Gasteiger charge is 2.24. The molecular formula is C17H25N3O2. The van der Waals surface area contributed by atoms with Crippen LogP contribution in [0.3, 0.4) is 0 Å². The Labute approximate surface area is 131 Å². The van der Waals surface area contributed by atoms with Gasteiger partial charge in [-0.05, 0) is 43.5 Å². The lowest BCUT2D eigenvalue weighted by Gasteiger charge is -2.35. The lowest BCUT2D eigenvalue weighted by atomic mass is 10.0. The Morgan fingerprint density at radius 1 is 1.41 bits per heavy atom. The fraction of sp³-hybridized carbons (Fsp3) is 0.588. The lowest BCUT2D eigenvalue weighted by Crippen LogP contribution is -2.50. The first kappa shape index (κ1) is 15.3. The van der Waals surface area contributed by atoms with E-state index in [0.29, 0.717) is 12.5 Å². The summed E-state index contributed by atoms with van der Waals surface area (Å²) in [6.07, 6.45) is 2.46. The minimum atomic E-state index is 0.192. The molecule has 0 aromatic heterocycles. The van der Waals surface area contributed by atoms with Gasteiger partial charge in [-0.1, -0.05) is 0 Å². The smallest absolute Gasteiger partial charge is 0.228 e. The van der Waals surface area contributed by atoms with Gasteiger partial charge in [-0.3, -0.25) is 9.69 Å². The average Bonchev–Trinajstić information content (AvgIpc) is 2.53. The molecule has 0 radical (unpaired) electrons. The van der Waals surface area contributed by atoms with Crippen LogP contribution in [0.1, 0.15) is 25.3 Å². The van der Waals surface area contributed by atoms with Crippen molar-refractivity contribution in [3.63, 3.8) is 0 Å². The van der Waals surface area contributed by atoms with Crippen molar-refractivity contribution in [3.05, 3.63) is 23.8 Å². The van der Waals surface area contributed by atoms with Crippen molar-refractivity contribution < 1.29 is 9.90 Å². The summed E-state index contributed by atoms with van der Waals surface area (Å²) >= 11 is 0. The summed E-state index contributed by atoms with van der Waals surface area (Å²) in [5.74, 6) is 0.472. The molecule has 0 bridgehead atoms. The number of hydrogen-bond donors (Lipinski definition) is 2. The van der Waals surface area contributed by atoms with Crippen LogP contribution in [-0.2, 0) is 11.2 Å². The van der Waals surface area contributed by atoms with Crippen LogP contribution in [0.4, 0.5) is 5.69 Å². The third-order valence-electron chi connectivity index (χ3n) is 4.73. The fourth-order valence-corrected chi connectivity index (χ4v) is 3.43. The minimum absolute atomic E-state index is 0.192. The molecule has 22 heavy (non-hydrogen) atoms. The summed E-state index contributed by atoms with van der Waals surface area (Å²) in [7, 11) is 0. The number of fused-ring (bicyclic) bond motifs is 1. The second kappa shape index (κ2) is 6.67. The van der Waals surface area contributed by atoms with E-state index in [1.54, 1.807) is 12.1 Å². The summed E-state index contributed by atoms with van der Waals surface area (Å²) < 4.78 is 0. The first-order valence-electron chi connectivity index (χ1n) is 8.22. The molecule has 1 atom stereocenters. The van der Waals surface area contributed by atoms with Crippen LogP contribution in [0.5, 0.6) is 5.75 Å². The van der Waals surface area contributed by atoms with Crippen molar-refractivity contribution in [3.8, 4) is 5.75 Å². The van der Waals surface area contributed by atoms with Crippen LogP contribution in [0, 0.1) is 0 Å². The molecule has 2 heterocycles. The first-order chi connectivity index (χ1) is 10.6. The van der Waals surface area contributed by atoms with Gasteiger partial charge < -0.3 is 15.3 Å². The Balaban J connectivity index is 1.63. The number of anilines is 1. The monoisotopic (exact) mass is 303 g/mol. The number of benzene rings is 1. The van der Waals surface area contributed by atoms with Gasteiger partial charge in [0.25, 0.3) is 0 Å². The molecule has 1 amide bonds. The van der Waals surface area contributed by atoms with Crippen LogP contribution in [0.2, 0.25) is 0 Å². The van der Waals surface area contributed by atoms with Crippen LogP contribution in [0.15, 0.2) is 18.2 Å². The van der Waals surface area contributed by atoms with Gasteiger partial charge >= 0.3 is 0 Å². The number of phenols is 1. The van der Waals surface area contributed by atoms with Crippen LogP contribution < -0.4 is 10.2 Å². The van der Waals surface area contributed by atoms with Crippen molar-refractivity contribution >= 4 is 11.6 Å². The zero-order valence-electron chi connectivity index (χ0n) is 13.2. The average molecular weight is 303 g/mol. The van der Waals surface area contributed by atoms with Gasteiger partial charge in [-0.25, -0.2) is 0 Å². The highest BCUT2D eigenvalue weighted by molar-refractivity contribution is 5.94. The molecule has 0 saturated carbocycles. The molecule has 3 rings (SSSR count). The Morgan fingerprint density at radius 3 is 3.09 bits per heavy atom. The van der Waals surface area contributed by atoms with E-state index in [-0.39, 0.29) is 11.7 Å². The van der Waals surface area contributed by atoms with Crippen LogP contribution in [0.25, 0.3) is 0 Å². The molecule has 0 spiro atoms. The Bertz CT molecular complexity index is 547. The fourth-order valence-electron chi connectivity index (χ4n) is 3.43. The quantitative estimate of drug-likeness (QED) is 0.885. The van der Waals surface area contributed by atoms with Crippen molar-refractivity contribution in [2.24, 2.45) is 0 Å². The van der Waals surface area contributed by atoms with E-state index in [0.717, 1.165) is 56.8 Å². The predicted octanol–water partition coefficient (Wildman–Crippen LogP) is 1.36. The van der Waals surface area contributed by atoms with E-state index in [1.807, 2.05) is 11.0 Å². The molecule has 0 unspecified atom stereocenters. The Morgan fingerprint density at radius 2 is 2.27 bits per heavy atom. The maximum absolute atomic E-state index is 12.6. The van der Waals surface area contributed by atoms with E-state index in [9.17, 15) is 9.90 Å². The van der Waals surface area contributed by atoms with Gasteiger partial charge in [0.15, 0.2) is 0 Å². The van der Waals surface area contributed by atoms with E-state index < -0.39 is 0 Å². The minimum Gasteiger partial charge on any atom is -0.508 e. The van der Waals surface area contributed by atoms with E-state index in [1.165, 1.54) is 0 Å². The molecule has 2 aliphatic heterocycles. The summed E-state index contributed by atoms with van der Waals surface area (Å²) in [5.41, 5.74) is 2.05. The topological polar surface area (TPSA) is 55.8 Å². The highest BCUT2D eigenvalue weighted by atomic mass is 16.3. The molecule has 120 valence electrons. The number of amides is 1. The number of piperazine rings is 1. The first-order valence-corrected chi connectivity index (χ1v) is 8.22. The molecule has 1 saturated heterocycles. The van der Waals surface area contributed by atoms with Gasteiger partial charge in [0.05, 0.1) is 0 Å². The van der Waals surface area contributed by atoms with Crippen molar-refractivity contribution in [2.45, 2.75) is 32.2 Å². The number of nitrogens with one attached hydrogen (secondary N) is 1. The zero-order chi connectivity index (χ0) is 15.5. The van der Waals surface area contributed by atoms with Crippen molar-refractivity contribution in [1.29, 1.82) is 0 Å². The van der Waals surface area contributed by atoms with Gasteiger partial charge in [0.1, 0.15) is 5.75 Å². The number of nitrogens with zero attached hydrogens (tertiary/aromatic N) is 2. The highest BCUT2D eigenvalue weighted by Crippen LogP contribution is 2.30. The maximum Gasteiger partial charge on any atom is 0.228 e. The summed E-state index contributed by atoms with van der Waals surface area (Å²) in [6, 6.07) is 5.82. The molecule has 5 nitrogen and oxygen atoms in total. The zero-order valence-corrected chi connectivity index (χ0v) is 13.2. The largest absolute Gasteiger partial charge is 0.508 e. The van der Waals surface area contributed by atoms with Crippen molar-refractivity contribution in [2.75, 3.05) is 37.6 Å². The molecule has 2 aliphatic rings. The van der Waals surface area contributed by atoms with Gasteiger partial charge in [0, 0.05) is 50.9 Å². The molecule has 1 aromatic rings. The molecular weight excluding hydrogens is 278 g/mol. The number of aryl methyl sites for hydroxylation is 1.